The van der Waals surface area contributed by atoms with Crippen molar-refractivity contribution in [3.05, 3.63) is 11.1 Å². The molecule has 0 aromatic heterocycles. The molecule has 0 aromatic carbocycles. The molecule has 134 valence electrons. The van der Waals surface area contributed by atoms with Crippen molar-refractivity contribution >= 4 is 11.8 Å². The lowest BCUT2D eigenvalue weighted by molar-refractivity contribution is -0.321. The Morgan fingerprint density at radius 1 is 1.38 bits per heavy atom. The summed E-state index contributed by atoms with van der Waals surface area (Å²) in [6.45, 7) is 4.55. The molecule has 1 aliphatic carbocycles. The Kier molecular flexibility index (Phi) is 4.32. The molecular formula is C17H24O7. The molecule has 5 atom stereocenters. The van der Waals surface area contributed by atoms with Crippen molar-refractivity contribution in [3.8, 4) is 0 Å². The van der Waals surface area contributed by atoms with E-state index in [2.05, 4.69) is 0 Å². The van der Waals surface area contributed by atoms with Gasteiger partial charge in [-0.2, -0.15) is 0 Å². The Bertz CT molecular complexity index is 594. The highest BCUT2D eigenvalue weighted by Crippen LogP contribution is 2.45. The second kappa shape index (κ2) is 5.91. The maximum absolute atomic E-state index is 12.4. The SMILES string of the molecule is CC(=O)OC1CCC(C)OC12CC1=C(CO2)C(=O)C(C)(O)C(O)C1. The van der Waals surface area contributed by atoms with Gasteiger partial charge in [-0.15, -0.1) is 0 Å². The molecule has 0 bridgehead atoms. The fraction of sp³-hybridized carbons (Fsp3) is 0.765. The zero-order chi connectivity index (χ0) is 17.7. The average Bonchev–Trinajstić information content (AvgIpc) is 2.48. The number of aliphatic hydroxyl groups is 2. The number of hydrogen-bond donors (Lipinski definition) is 2. The molecule has 0 radical (unpaired) electrons. The van der Waals surface area contributed by atoms with Gasteiger partial charge in [0.2, 0.25) is 5.79 Å². The summed E-state index contributed by atoms with van der Waals surface area (Å²) in [6, 6.07) is 0. The van der Waals surface area contributed by atoms with Crippen molar-refractivity contribution in [3.63, 3.8) is 0 Å². The van der Waals surface area contributed by atoms with Gasteiger partial charge in [-0.1, -0.05) is 5.57 Å². The summed E-state index contributed by atoms with van der Waals surface area (Å²) < 4.78 is 17.3. The van der Waals surface area contributed by atoms with Gasteiger partial charge in [0.25, 0.3) is 0 Å². The van der Waals surface area contributed by atoms with Crippen LogP contribution in [0.25, 0.3) is 0 Å². The summed E-state index contributed by atoms with van der Waals surface area (Å²) in [5.74, 6) is -2.06. The first-order valence-corrected chi connectivity index (χ1v) is 8.31. The second-order valence-electron chi connectivity index (χ2n) is 7.16. The van der Waals surface area contributed by atoms with Crippen molar-refractivity contribution in [1.82, 2.24) is 0 Å². The van der Waals surface area contributed by atoms with Crippen molar-refractivity contribution < 1.29 is 34.0 Å². The van der Waals surface area contributed by atoms with E-state index in [4.69, 9.17) is 14.2 Å². The average molecular weight is 340 g/mol. The minimum atomic E-state index is -1.80. The molecule has 0 amide bonds. The lowest BCUT2D eigenvalue weighted by Gasteiger charge is -2.49. The first kappa shape index (κ1) is 17.5. The summed E-state index contributed by atoms with van der Waals surface area (Å²) in [6.07, 6.45) is -0.0379. The van der Waals surface area contributed by atoms with E-state index in [0.717, 1.165) is 6.42 Å². The van der Waals surface area contributed by atoms with Crippen LogP contribution < -0.4 is 0 Å². The predicted molar refractivity (Wildman–Crippen MR) is 81.9 cm³/mol. The summed E-state index contributed by atoms with van der Waals surface area (Å²) in [7, 11) is 0. The highest BCUT2D eigenvalue weighted by Gasteiger charge is 2.54. The number of carbonyl (C=O) groups is 2. The normalized spacial score (nSPS) is 42.9. The molecule has 24 heavy (non-hydrogen) atoms. The van der Waals surface area contributed by atoms with Gasteiger partial charge in [0.15, 0.2) is 17.5 Å². The molecule has 1 spiro atoms. The van der Waals surface area contributed by atoms with Gasteiger partial charge in [0, 0.05) is 18.9 Å². The molecule has 0 saturated carbocycles. The highest BCUT2D eigenvalue weighted by molar-refractivity contribution is 6.04. The van der Waals surface area contributed by atoms with Gasteiger partial charge in [-0.25, -0.2) is 0 Å². The Morgan fingerprint density at radius 3 is 2.75 bits per heavy atom. The molecule has 2 N–H and O–H groups in total. The fourth-order valence-electron chi connectivity index (χ4n) is 3.77. The van der Waals surface area contributed by atoms with Crippen molar-refractivity contribution in [2.45, 2.75) is 76.2 Å². The fourth-order valence-corrected chi connectivity index (χ4v) is 3.77. The smallest absolute Gasteiger partial charge is 0.303 e. The maximum Gasteiger partial charge on any atom is 0.303 e. The van der Waals surface area contributed by atoms with Crippen LogP contribution in [-0.2, 0) is 23.8 Å². The Labute approximate surface area is 140 Å². The van der Waals surface area contributed by atoms with Gasteiger partial charge < -0.3 is 24.4 Å². The summed E-state index contributed by atoms with van der Waals surface area (Å²) in [5.41, 5.74) is -0.709. The zero-order valence-electron chi connectivity index (χ0n) is 14.2. The van der Waals surface area contributed by atoms with E-state index >= 15 is 0 Å². The Morgan fingerprint density at radius 2 is 2.08 bits per heavy atom. The second-order valence-corrected chi connectivity index (χ2v) is 7.16. The number of ether oxygens (including phenoxy) is 3. The van der Waals surface area contributed by atoms with Crippen LogP contribution in [0.4, 0.5) is 0 Å². The van der Waals surface area contributed by atoms with E-state index in [9.17, 15) is 19.8 Å². The minimum absolute atomic E-state index is 0.0263. The number of carbonyl (C=O) groups excluding carboxylic acids is 2. The van der Waals surface area contributed by atoms with E-state index in [-0.39, 0.29) is 25.6 Å². The third kappa shape index (κ3) is 2.79. The van der Waals surface area contributed by atoms with E-state index in [1.54, 1.807) is 0 Å². The molecule has 1 fully saturated rings. The molecule has 5 unspecified atom stereocenters. The Hall–Kier alpha value is -1.28. The van der Waals surface area contributed by atoms with Crippen LogP contribution >= 0.6 is 0 Å². The van der Waals surface area contributed by atoms with Crippen LogP contribution in [0.15, 0.2) is 11.1 Å². The molecule has 2 aliphatic heterocycles. The molecule has 7 nitrogen and oxygen atoms in total. The van der Waals surface area contributed by atoms with E-state index in [1.807, 2.05) is 6.92 Å². The molecular weight excluding hydrogens is 316 g/mol. The van der Waals surface area contributed by atoms with Gasteiger partial charge in [0.1, 0.15) is 0 Å². The molecule has 3 rings (SSSR count). The van der Waals surface area contributed by atoms with E-state index in [1.165, 1.54) is 13.8 Å². The molecule has 3 aliphatic rings. The van der Waals surface area contributed by atoms with Gasteiger partial charge in [0.05, 0.1) is 18.8 Å². The van der Waals surface area contributed by atoms with Gasteiger partial charge >= 0.3 is 5.97 Å². The van der Waals surface area contributed by atoms with Crippen molar-refractivity contribution in [2.75, 3.05) is 6.61 Å². The summed E-state index contributed by atoms with van der Waals surface area (Å²) in [4.78, 5) is 23.8. The van der Waals surface area contributed by atoms with E-state index in [0.29, 0.717) is 17.6 Å². The number of esters is 1. The number of rotatable bonds is 1. The van der Waals surface area contributed by atoms with Crippen LogP contribution in [0.1, 0.15) is 46.5 Å². The van der Waals surface area contributed by atoms with Crippen LogP contribution in [0.2, 0.25) is 0 Å². The third-order valence-electron chi connectivity index (χ3n) is 5.20. The van der Waals surface area contributed by atoms with Gasteiger partial charge in [-0.05, 0) is 33.1 Å². The van der Waals surface area contributed by atoms with Gasteiger partial charge in [-0.3, -0.25) is 9.59 Å². The minimum Gasteiger partial charge on any atom is -0.457 e. The van der Waals surface area contributed by atoms with Crippen LogP contribution in [0.3, 0.4) is 0 Å². The van der Waals surface area contributed by atoms with E-state index < -0.39 is 35.3 Å². The standard InChI is InChI=1S/C17H24O7/c1-9-4-5-14(23-10(2)18)17(24-9)7-11-6-13(19)16(3,21)15(20)12(11)8-22-17/h9,13-14,19,21H,4-8H2,1-3H3. The maximum atomic E-state index is 12.4. The summed E-state index contributed by atoms with van der Waals surface area (Å²) in [5, 5.41) is 20.3. The summed E-state index contributed by atoms with van der Waals surface area (Å²) >= 11 is 0. The Balaban J connectivity index is 1.92. The number of ketones is 1. The lowest BCUT2D eigenvalue weighted by Crippen LogP contribution is -2.59. The van der Waals surface area contributed by atoms with Crippen LogP contribution in [-0.4, -0.2) is 58.3 Å². The largest absolute Gasteiger partial charge is 0.457 e. The zero-order valence-corrected chi connectivity index (χ0v) is 14.2. The first-order valence-electron chi connectivity index (χ1n) is 8.31. The van der Waals surface area contributed by atoms with Crippen LogP contribution in [0, 0.1) is 0 Å². The first-order chi connectivity index (χ1) is 11.2. The molecule has 2 heterocycles. The molecule has 7 heteroatoms. The van der Waals surface area contributed by atoms with Crippen LogP contribution in [0.5, 0.6) is 0 Å². The number of Topliss-reactive ketones (excluding diaryl/α,β-unsaturated/α-hetero) is 1. The molecule has 1 saturated heterocycles. The van der Waals surface area contributed by atoms with Crippen molar-refractivity contribution in [1.29, 1.82) is 0 Å². The highest BCUT2D eigenvalue weighted by atomic mass is 16.7. The monoisotopic (exact) mass is 340 g/mol. The number of hydrogen-bond acceptors (Lipinski definition) is 7. The van der Waals surface area contributed by atoms with Crippen molar-refractivity contribution in [2.24, 2.45) is 0 Å². The quantitative estimate of drug-likeness (QED) is 0.674. The topological polar surface area (TPSA) is 102 Å². The predicted octanol–water partition coefficient (Wildman–Crippen LogP) is 0.615. The third-order valence-corrected chi connectivity index (χ3v) is 5.20. The number of aliphatic hydroxyl groups excluding tert-OH is 1. The molecule has 0 aromatic rings. The lowest BCUT2D eigenvalue weighted by atomic mass is 9.74.